The van der Waals surface area contributed by atoms with Gasteiger partial charge < -0.3 is 9.84 Å². The van der Waals surface area contributed by atoms with E-state index in [0.717, 1.165) is 40.1 Å². The van der Waals surface area contributed by atoms with Crippen LogP contribution in [0.2, 0.25) is 0 Å². The first-order valence-corrected chi connectivity index (χ1v) is 10.3. The number of benzene rings is 1. The summed E-state index contributed by atoms with van der Waals surface area (Å²) in [7, 11) is 0. The maximum Gasteiger partial charge on any atom is 0.290 e. The number of amides is 1. The molecule has 7 nitrogen and oxygen atoms in total. The minimum absolute atomic E-state index is 0.156. The Balaban J connectivity index is 1.65. The second kappa shape index (κ2) is 8.55. The van der Waals surface area contributed by atoms with Gasteiger partial charge in [-0.1, -0.05) is 28.9 Å². The number of carbonyl (C=O) groups is 1. The van der Waals surface area contributed by atoms with Gasteiger partial charge in [0.2, 0.25) is 5.76 Å². The van der Waals surface area contributed by atoms with Crippen molar-refractivity contribution in [2.45, 2.75) is 40.3 Å². The van der Waals surface area contributed by atoms with E-state index in [1.165, 1.54) is 0 Å². The predicted octanol–water partition coefficient (Wildman–Crippen LogP) is 4.40. The molecule has 0 saturated carbocycles. The highest BCUT2D eigenvalue weighted by molar-refractivity contribution is 5.93. The van der Waals surface area contributed by atoms with Crippen LogP contribution in [0, 0.1) is 20.8 Å². The second-order valence-electron chi connectivity index (χ2n) is 7.61. The molecule has 1 atom stereocenters. The van der Waals surface area contributed by atoms with Crippen molar-refractivity contribution in [2.24, 2.45) is 0 Å². The van der Waals surface area contributed by atoms with Gasteiger partial charge in [-0.15, -0.1) is 0 Å². The topological polar surface area (TPSA) is 85.8 Å². The molecule has 1 unspecified atom stereocenters. The van der Waals surface area contributed by atoms with E-state index < -0.39 is 0 Å². The van der Waals surface area contributed by atoms with Gasteiger partial charge in [-0.25, -0.2) is 0 Å². The molecule has 0 bridgehead atoms. The van der Waals surface area contributed by atoms with Gasteiger partial charge in [0.05, 0.1) is 11.7 Å². The van der Waals surface area contributed by atoms with Crippen molar-refractivity contribution in [2.75, 3.05) is 0 Å². The lowest BCUT2D eigenvalue weighted by atomic mass is 9.94. The largest absolute Gasteiger partial charge is 0.350 e. The molecular formula is C24H25N5O2. The van der Waals surface area contributed by atoms with Gasteiger partial charge in [0, 0.05) is 36.8 Å². The molecule has 1 aromatic carbocycles. The van der Waals surface area contributed by atoms with Gasteiger partial charge in [0.15, 0.2) is 0 Å². The fourth-order valence-corrected chi connectivity index (χ4v) is 3.61. The second-order valence-corrected chi connectivity index (χ2v) is 7.61. The molecule has 158 valence electrons. The van der Waals surface area contributed by atoms with Gasteiger partial charge in [0.25, 0.3) is 5.91 Å². The van der Waals surface area contributed by atoms with E-state index in [0.29, 0.717) is 5.69 Å². The SMILES string of the molecule is CCn1cc(-c2cc(C(=O)NC(c3ccncc3)c3cc(C)ccc3C)on2)c(C)n1. The molecule has 1 amide bonds. The smallest absolute Gasteiger partial charge is 0.290 e. The average Bonchev–Trinajstić information content (AvgIpc) is 3.41. The quantitative estimate of drug-likeness (QED) is 0.504. The number of carbonyl (C=O) groups excluding carboxylic acids is 1. The molecule has 7 heteroatoms. The van der Waals surface area contributed by atoms with Crippen LogP contribution < -0.4 is 5.32 Å². The zero-order chi connectivity index (χ0) is 22.0. The Morgan fingerprint density at radius 2 is 1.90 bits per heavy atom. The van der Waals surface area contributed by atoms with Crippen molar-refractivity contribution in [3.63, 3.8) is 0 Å². The third-order valence-corrected chi connectivity index (χ3v) is 5.34. The van der Waals surface area contributed by atoms with Crippen molar-refractivity contribution in [1.29, 1.82) is 0 Å². The molecule has 0 radical (unpaired) electrons. The molecule has 31 heavy (non-hydrogen) atoms. The molecule has 0 fully saturated rings. The first-order chi connectivity index (χ1) is 15.0. The Morgan fingerprint density at radius 3 is 2.61 bits per heavy atom. The number of aromatic nitrogens is 4. The Bertz CT molecular complexity index is 1210. The van der Waals surface area contributed by atoms with Gasteiger partial charge in [-0.3, -0.25) is 14.5 Å². The monoisotopic (exact) mass is 415 g/mol. The van der Waals surface area contributed by atoms with E-state index in [1.807, 2.05) is 50.7 Å². The summed E-state index contributed by atoms with van der Waals surface area (Å²) in [5.41, 5.74) is 6.47. The first-order valence-electron chi connectivity index (χ1n) is 10.3. The summed E-state index contributed by atoms with van der Waals surface area (Å²) in [6.45, 7) is 8.77. The molecule has 0 spiro atoms. The average molecular weight is 415 g/mol. The highest BCUT2D eigenvalue weighted by Gasteiger charge is 2.23. The molecule has 4 aromatic rings. The van der Waals surface area contributed by atoms with E-state index in [1.54, 1.807) is 18.5 Å². The Morgan fingerprint density at radius 1 is 1.13 bits per heavy atom. The molecule has 3 heterocycles. The van der Waals surface area contributed by atoms with Crippen LogP contribution in [0.4, 0.5) is 0 Å². The number of nitrogens with zero attached hydrogens (tertiary/aromatic N) is 4. The van der Waals surface area contributed by atoms with Gasteiger partial charge >= 0.3 is 0 Å². The number of rotatable bonds is 6. The van der Waals surface area contributed by atoms with Crippen LogP contribution in [0.5, 0.6) is 0 Å². The first kappa shape index (κ1) is 20.5. The third kappa shape index (κ3) is 4.26. The molecule has 0 aliphatic carbocycles. The normalized spacial score (nSPS) is 12.0. The molecule has 4 rings (SSSR count). The summed E-state index contributed by atoms with van der Waals surface area (Å²) < 4.78 is 7.23. The number of pyridine rings is 1. The lowest BCUT2D eigenvalue weighted by Crippen LogP contribution is -2.29. The number of hydrogen-bond acceptors (Lipinski definition) is 5. The number of hydrogen-bond donors (Lipinski definition) is 1. The van der Waals surface area contributed by atoms with E-state index in [2.05, 4.69) is 38.8 Å². The summed E-state index contributed by atoms with van der Waals surface area (Å²) in [6.07, 6.45) is 5.35. The number of nitrogens with one attached hydrogen (secondary N) is 1. The molecule has 0 saturated heterocycles. The molecule has 0 aliphatic rings. The molecule has 3 aromatic heterocycles. The summed E-state index contributed by atoms with van der Waals surface area (Å²) in [4.78, 5) is 17.2. The van der Waals surface area contributed by atoms with Crippen LogP contribution in [-0.4, -0.2) is 25.8 Å². The predicted molar refractivity (Wildman–Crippen MR) is 118 cm³/mol. The van der Waals surface area contributed by atoms with E-state index >= 15 is 0 Å². The van der Waals surface area contributed by atoms with Crippen molar-refractivity contribution in [1.82, 2.24) is 25.2 Å². The van der Waals surface area contributed by atoms with Crippen LogP contribution >= 0.6 is 0 Å². The Labute approximate surface area is 181 Å². The molecule has 0 aliphatic heterocycles. The van der Waals surface area contributed by atoms with E-state index in [9.17, 15) is 4.79 Å². The van der Waals surface area contributed by atoms with Crippen LogP contribution in [0.15, 0.2) is 59.5 Å². The number of aryl methyl sites for hydroxylation is 4. The van der Waals surface area contributed by atoms with Crippen LogP contribution in [0.25, 0.3) is 11.3 Å². The van der Waals surface area contributed by atoms with E-state index in [4.69, 9.17) is 4.52 Å². The maximum atomic E-state index is 13.1. The highest BCUT2D eigenvalue weighted by Crippen LogP contribution is 2.27. The summed E-state index contributed by atoms with van der Waals surface area (Å²) >= 11 is 0. The van der Waals surface area contributed by atoms with Crippen LogP contribution in [-0.2, 0) is 6.54 Å². The van der Waals surface area contributed by atoms with Gasteiger partial charge in [0.1, 0.15) is 5.69 Å². The Kier molecular flexibility index (Phi) is 5.66. The van der Waals surface area contributed by atoms with Gasteiger partial charge in [-0.2, -0.15) is 5.10 Å². The van der Waals surface area contributed by atoms with Crippen LogP contribution in [0.3, 0.4) is 0 Å². The fourth-order valence-electron chi connectivity index (χ4n) is 3.61. The standard InChI is InChI=1S/C24H25N5O2/c1-5-29-14-20(17(4)27-29)21-13-22(31-28-21)24(30)26-23(18-8-10-25-11-9-18)19-12-15(2)6-7-16(19)3/h6-14,23H,5H2,1-4H3,(H,26,30). The summed E-state index contributed by atoms with van der Waals surface area (Å²) in [6, 6.07) is 11.3. The lowest BCUT2D eigenvalue weighted by molar-refractivity contribution is 0.0906. The summed E-state index contributed by atoms with van der Waals surface area (Å²) in [5.74, 6) is -0.176. The maximum absolute atomic E-state index is 13.1. The highest BCUT2D eigenvalue weighted by atomic mass is 16.5. The van der Waals surface area contributed by atoms with Crippen molar-refractivity contribution >= 4 is 5.91 Å². The summed E-state index contributed by atoms with van der Waals surface area (Å²) in [5, 5.41) is 11.6. The zero-order valence-electron chi connectivity index (χ0n) is 18.1. The lowest BCUT2D eigenvalue weighted by Gasteiger charge is -2.21. The third-order valence-electron chi connectivity index (χ3n) is 5.34. The molecule has 1 N–H and O–H groups in total. The van der Waals surface area contributed by atoms with E-state index in [-0.39, 0.29) is 17.7 Å². The zero-order valence-corrected chi connectivity index (χ0v) is 18.1. The molecular weight excluding hydrogens is 390 g/mol. The van der Waals surface area contributed by atoms with Crippen molar-refractivity contribution in [3.8, 4) is 11.3 Å². The van der Waals surface area contributed by atoms with Crippen molar-refractivity contribution in [3.05, 3.63) is 88.7 Å². The Hall–Kier alpha value is -3.74. The minimum Gasteiger partial charge on any atom is -0.350 e. The van der Waals surface area contributed by atoms with Crippen molar-refractivity contribution < 1.29 is 9.32 Å². The van der Waals surface area contributed by atoms with Gasteiger partial charge in [-0.05, 0) is 56.5 Å². The van der Waals surface area contributed by atoms with Crippen LogP contribution in [0.1, 0.15) is 51.5 Å². The minimum atomic E-state index is -0.339. The fraction of sp³-hybridized carbons (Fsp3) is 0.250.